The monoisotopic (exact) mass is 386 g/mol. The molecule has 1 N–H and O–H groups in total. The van der Waals surface area contributed by atoms with Crippen molar-refractivity contribution in [3.63, 3.8) is 0 Å². The van der Waals surface area contributed by atoms with Gasteiger partial charge in [-0.3, -0.25) is 9.69 Å². The smallest absolute Gasteiger partial charge is 0.329 e. The Hall–Kier alpha value is -2.96. The van der Waals surface area contributed by atoms with Gasteiger partial charge in [0.05, 0.1) is 6.26 Å². The van der Waals surface area contributed by atoms with E-state index in [0.29, 0.717) is 11.1 Å². The van der Waals surface area contributed by atoms with Crippen molar-refractivity contribution in [2.45, 2.75) is 44.6 Å². The third-order valence-corrected chi connectivity index (χ3v) is 5.30. The van der Waals surface area contributed by atoms with Crippen molar-refractivity contribution in [2.75, 3.05) is 0 Å². The molecule has 146 valence electrons. The predicted octanol–water partition coefficient (Wildman–Crippen LogP) is 4.84. The van der Waals surface area contributed by atoms with Crippen molar-refractivity contribution in [1.82, 2.24) is 10.2 Å². The molecule has 0 radical (unpaired) electrons. The Morgan fingerprint density at radius 2 is 1.79 bits per heavy atom. The Morgan fingerprint density at radius 3 is 2.50 bits per heavy atom. The highest BCUT2D eigenvalue weighted by Gasteiger charge is 2.38. The third kappa shape index (κ3) is 3.44. The predicted molar refractivity (Wildman–Crippen MR) is 98.9 cm³/mol. The minimum Gasteiger partial charge on any atom is -0.464 e. The molecule has 2 aliphatic rings. The second-order valence-electron chi connectivity index (χ2n) is 7.14. The second-order valence-corrected chi connectivity index (χ2v) is 7.14. The maximum absolute atomic E-state index is 13.6. The van der Waals surface area contributed by atoms with Crippen LogP contribution in [-0.2, 0) is 4.79 Å². The van der Waals surface area contributed by atoms with Gasteiger partial charge in [0.15, 0.2) is 11.6 Å². The molecule has 4 rings (SSSR count). The summed E-state index contributed by atoms with van der Waals surface area (Å²) in [5, 5.41) is 2.61. The van der Waals surface area contributed by atoms with Gasteiger partial charge >= 0.3 is 6.03 Å². The van der Waals surface area contributed by atoms with E-state index in [2.05, 4.69) is 5.32 Å². The van der Waals surface area contributed by atoms with E-state index in [-0.39, 0.29) is 23.4 Å². The van der Waals surface area contributed by atoms with E-state index in [0.717, 1.165) is 50.7 Å². The van der Waals surface area contributed by atoms with E-state index < -0.39 is 17.7 Å². The zero-order valence-electron chi connectivity index (χ0n) is 15.2. The van der Waals surface area contributed by atoms with Crippen LogP contribution >= 0.6 is 0 Å². The first-order valence-electron chi connectivity index (χ1n) is 9.44. The average molecular weight is 386 g/mol. The van der Waals surface area contributed by atoms with Crippen LogP contribution in [0.2, 0.25) is 0 Å². The van der Waals surface area contributed by atoms with Gasteiger partial charge in [-0.05, 0) is 36.6 Å². The number of urea groups is 1. The Kier molecular flexibility index (Phi) is 4.98. The number of nitrogens with zero attached hydrogens (tertiary/aromatic N) is 1. The fourth-order valence-electron chi connectivity index (χ4n) is 3.86. The quantitative estimate of drug-likeness (QED) is 0.466. The minimum atomic E-state index is -0.970. The highest BCUT2D eigenvalue weighted by molar-refractivity contribution is 6.14. The zero-order valence-corrected chi connectivity index (χ0v) is 15.2. The van der Waals surface area contributed by atoms with E-state index in [1.807, 2.05) is 0 Å². The lowest BCUT2D eigenvalue weighted by molar-refractivity contribution is -0.124. The van der Waals surface area contributed by atoms with Gasteiger partial charge in [-0.1, -0.05) is 31.7 Å². The van der Waals surface area contributed by atoms with Crippen molar-refractivity contribution in [3.8, 4) is 11.1 Å². The molecule has 7 heteroatoms. The Labute approximate surface area is 161 Å². The summed E-state index contributed by atoms with van der Waals surface area (Å²) >= 11 is 0. The van der Waals surface area contributed by atoms with Gasteiger partial charge in [0.2, 0.25) is 0 Å². The standard InChI is InChI=1S/C21H20F2N2O3/c22-16-8-7-13(11-17(16)23)15-9-10-28-19(15)12-18-20(26)25(21(27)24-18)14-5-3-1-2-4-6-14/h7-12,14H,1-6H2,(H,24,27)/b18-12-. The van der Waals surface area contributed by atoms with Gasteiger partial charge < -0.3 is 9.73 Å². The summed E-state index contributed by atoms with van der Waals surface area (Å²) in [7, 11) is 0. The number of furan rings is 1. The summed E-state index contributed by atoms with van der Waals surface area (Å²) < 4.78 is 32.2. The van der Waals surface area contributed by atoms with Crippen molar-refractivity contribution in [1.29, 1.82) is 0 Å². The molecule has 0 bridgehead atoms. The van der Waals surface area contributed by atoms with Crippen molar-refractivity contribution < 1.29 is 22.8 Å². The number of rotatable bonds is 3. The van der Waals surface area contributed by atoms with Gasteiger partial charge in [-0.15, -0.1) is 0 Å². The Balaban J connectivity index is 1.62. The van der Waals surface area contributed by atoms with Crippen LogP contribution < -0.4 is 5.32 Å². The fraction of sp³-hybridized carbons (Fsp3) is 0.333. The molecule has 28 heavy (non-hydrogen) atoms. The number of nitrogens with one attached hydrogen (secondary N) is 1. The molecule has 1 aromatic heterocycles. The van der Waals surface area contributed by atoms with Crippen molar-refractivity contribution in [2.24, 2.45) is 0 Å². The number of benzene rings is 1. The molecule has 0 atom stereocenters. The SMILES string of the molecule is O=C1N/C(=C\c2occc2-c2ccc(F)c(F)c2)C(=O)N1C1CCCCCC1. The Morgan fingerprint density at radius 1 is 1.04 bits per heavy atom. The molecule has 2 heterocycles. The number of carbonyl (C=O) groups excluding carboxylic acids is 2. The third-order valence-electron chi connectivity index (χ3n) is 5.30. The summed E-state index contributed by atoms with van der Waals surface area (Å²) in [6.07, 6.45) is 8.69. The molecule has 1 saturated heterocycles. The summed E-state index contributed by atoms with van der Waals surface area (Å²) in [4.78, 5) is 26.5. The molecule has 5 nitrogen and oxygen atoms in total. The number of carbonyl (C=O) groups is 2. The number of hydrogen-bond donors (Lipinski definition) is 1. The van der Waals surface area contributed by atoms with Crippen LogP contribution in [-0.4, -0.2) is 22.9 Å². The molecule has 1 saturated carbocycles. The largest absolute Gasteiger partial charge is 0.464 e. The maximum atomic E-state index is 13.6. The van der Waals surface area contributed by atoms with E-state index in [4.69, 9.17) is 4.42 Å². The van der Waals surface area contributed by atoms with Crippen LogP contribution in [0, 0.1) is 11.6 Å². The lowest BCUT2D eigenvalue weighted by atomic mass is 10.1. The van der Waals surface area contributed by atoms with Crippen molar-refractivity contribution >= 4 is 18.0 Å². The Bertz CT molecular complexity index is 943. The topological polar surface area (TPSA) is 62.6 Å². The number of halogens is 2. The molecule has 2 fully saturated rings. The summed E-state index contributed by atoms with van der Waals surface area (Å²) in [6.45, 7) is 0. The van der Waals surface area contributed by atoms with E-state index >= 15 is 0 Å². The van der Waals surface area contributed by atoms with E-state index in [1.165, 1.54) is 23.3 Å². The van der Waals surface area contributed by atoms with Crippen LogP contribution in [0.3, 0.4) is 0 Å². The van der Waals surface area contributed by atoms with Crippen molar-refractivity contribution in [3.05, 3.63) is 53.6 Å². The van der Waals surface area contributed by atoms with Gasteiger partial charge in [0.25, 0.3) is 5.91 Å². The van der Waals surface area contributed by atoms with Gasteiger partial charge in [0, 0.05) is 17.7 Å². The zero-order chi connectivity index (χ0) is 19.7. The highest BCUT2D eigenvalue weighted by atomic mass is 19.2. The minimum absolute atomic E-state index is 0.0943. The van der Waals surface area contributed by atoms with Crippen LogP contribution in [0.5, 0.6) is 0 Å². The molecule has 0 unspecified atom stereocenters. The van der Waals surface area contributed by atoms with E-state index in [1.54, 1.807) is 6.07 Å². The molecular weight excluding hydrogens is 366 g/mol. The first-order valence-corrected chi connectivity index (χ1v) is 9.44. The summed E-state index contributed by atoms with van der Waals surface area (Å²) in [5.74, 6) is -2.01. The first-order chi connectivity index (χ1) is 13.5. The molecular formula is C21H20F2N2O3. The van der Waals surface area contributed by atoms with Gasteiger partial charge in [-0.25, -0.2) is 13.6 Å². The van der Waals surface area contributed by atoms with Crippen LogP contribution in [0.25, 0.3) is 17.2 Å². The molecule has 1 aromatic carbocycles. The fourth-order valence-corrected chi connectivity index (χ4v) is 3.86. The second kappa shape index (κ2) is 7.58. The van der Waals surface area contributed by atoms with Gasteiger partial charge in [-0.2, -0.15) is 0 Å². The van der Waals surface area contributed by atoms with Crippen LogP contribution in [0.4, 0.5) is 13.6 Å². The molecule has 2 aromatic rings. The average Bonchev–Trinajstić information content (AvgIpc) is 3.12. The molecule has 3 amide bonds. The highest BCUT2D eigenvalue weighted by Crippen LogP contribution is 2.30. The van der Waals surface area contributed by atoms with Crippen LogP contribution in [0.1, 0.15) is 44.3 Å². The number of amides is 3. The summed E-state index contributed by atoms with van der Waals surface area (Å²) in [6, 6.07) is 4.61. The molecule has 1 aliphatic carbocycles. The lowest BCUT2D eigenvalue weighted by Gasteiger charge is -2.23. The lowest BCUT2D eigenvalue weighted by Crippen LogP contribution is -2.40. The summed E-state index contributed by atoms with van der Waals surface area (Å²) in [5.41, 5.74) is 1.03. The first kappa shape index (κ1) is 18.4. The number of imide groups is 1. The van der Waals surface area contributed by atoms with Gasteiger partial charge in [0.1, 0.15) is 11.5 Å². The normalized spacial score (nSPS) is 19.9. The number of hydrogen-bond acceptors (Lipinski definition) is 3. The van der Waals surface area contributed by atoms with E-state index in [9.17, 15) is 18.4 Å². The molecule has 0 spiro atoms. The van der Waals surface area contributed by atoms with Crippen LogP contribution in [0.15, 0.2) is 40.6 Å². The molecule has 1 aliphatic heterocycles. The maximum Gasteiger partial charge on any atom is 0.329 e.